The van der Waals surface area contributed by atoms with Crippen molar-refractivity contribution in [1.29, 1.82) is 0 Å². The molecule has 48 heavy (non-hydrogen) atoms. The van der Waals surface area contributed by atoms with Gasteiger partial charge in [0.1, 0.15) is 0 Å². The van der Waals surface area contributed by atoms with Crippen LogP contribution in [-0.4, -0.2) is 9.13 Å². The number of benzene rings is 5. The molecule has 0 radical (unpaired) electrons. The van der Waals surface area contributed by atoms with Crippen molar-refractivity contribution in [3.63, 3.8) is 0 Å². The summed E-state index contributed by atoms with van der Waals surface area (Å²) in [4.78, 5) is 0. The van der Waals surface area contributed by atoms with E-state index in [0.29, 0.717) is 0 Å². The first-order chi connectivity index (χ1) is 22.3. The monoisotopic (exact) mass is 632 g/mol. The predicted molar refractivity (Wildman–Crippen MR) is 210 cm³/mol. The van der Waals surface area contributed by atoms with Crippen LogP contribution in [0.2, 0.25) is 0 Å². The van der Waals surface area contributed by atoms with E-state index in [9.17, 15) is 0 Å². The standard InChI is InChI=1S/C46H52N2/c1-43(2,3)29-13-21-39-35(25-29)36-26-30(44(4,5)6)14-22-40(36)47(39)33-17-19-34(20-18-33)48-41-23-15-31(45(7,8)9)27-37(41)38-28-32(46(10,11)12)16-24-42(38)48/h13-28H,1-12H3. The molecular formula is C46H52N2. The normalized spacial score (nSPS) is 13.4. The Labute approximate surface area is 287 Å². The molecule has 0 aliphatic heterocycles. The highest BCUT2D eigenvalue weighted by Crippen LogP contribution is 2.40. The number of nitrogens with zero attached hydrogens (tertiary/aromatic N) is 2. The van der Waals surface area contributed by atoms with Gasteiger partial charge >= 0.3 is 0 Å². The topological polar surface area (TPSA) is 9.86 Å². The largest absolute Gasteiger partial charge is 0.309 e. The molecule has 7 rings (SSSR count). The summed E-state index contributed by atoms with van der Waals surface area (Å²) in [6.07, 6.45) is 0. The molecule has 0 bridgehead atoms. The molecule has 0 aliphatic carbocycles. The van der Waals surface area contributed by atoms with E-state index in [0.717, 1.165) is 0 Å². The second-order valence-electron chi connectivity index (χ2n) is 18.1. The van der Waals surface area contributed by atoms with Crippen LogP contribution in [0.5, 0.6) is 0 Å². The lowest BCUT2D eigenvalue weighted by Crippen LogP contribution is -2.10. The van der Waals surface area contributed by atoms with Crippen molar-refractivity contribution >= 4 is 43.6 Å². The summed E-state index contributed by atoms with van der Waals surface area (Å²) >= 11 is 0. The molecule has 2 heterocycles. The highest BCUT2D eigenvalue weighted by molar-refractivity contribution is 6.11. The lowest BCUT2D eigenvalue weighted by Gasteiger charge is -2.19. The van der Waals surface area contributed by atoms with Gasteiger partial charge < -0.3 is 9.13 Å². The van der Waals surface area contributed by atoms with Crippen molar-refractivity contribution in [2.75, 3.05) is 0 Å². The molecule has 0 saturated heterocycles. The third-order valence-corrected chi connectivity index (χ3v) is 10.4. The first-order valence-electron chi connectivity index (χ1n) is 17.6. The van der Waals surface area contributed by atoms with Crippen LogP contribution in [0.1, 0.15) is 105 Å². The predicted octanol–water partition coefficient (Wildman–Crippen LogP) is 13.1. The molecule has 2 nitrogen and oxygen atoms in total. The zero-order chi connectivity index (χ0) is 34.6. The molecule has 5 aromatic carbocycles. The number of aromatic nitrogens is 2. The highest BCUT2D eigenvalue weighted by atomic mass is 15.0. The maximum atomic E-state index is 2.45. The van der Waals surface area contributed by atoms with Gasteiger partial charge in [0.15, 0.2) is 0 Å². The fourth-order valence-corrected chi connectivity index (χ4v) is 7.22. The molecule has 0 spiro atoms. The third kappa shape index (κ3) is 5.34. The Bertz CT molecular complexity index is 2030. The second kappa shape index (κ2) is 10.6. The minimum Gasteiger partial charge on any atom is -0.309 e. The Hall–Kier alpha value is -4.30. The van der Waals surface area contributed by atoms with Crippen molar-refractivity contribution in [2.24, 2.45) is 0 Å². The zero-order valence-electron chi connectivity index (χ0n) is 31.1. The first-order valence-corrected chi connectivity index (χ1v) is 17.6. The average Bonchev–Trinajstić information content (AvgIpc) is 3.51. The lowest BCUT2D eigenvalue weighted by molar-refractivity contribution is 0.590. The number of fused-ring (bicyclic) bond motifs is 6. The summed E-state index contributed by atoms with van der Waals surface area (Å²) in [6.45, 7) is 27.6. The van der Waals surface area contributed by atoms with Crippen LogP contribution in [0.25, 0.3) is 55.0 Å². The molecule has 0 aliphatic rings. The van der Waals surface area contributed by atoms with Gasteiger partial charge in [-0.3, -0.25) is 0 Å². The number of hydrogen-bond donors (Lipinski definition) is 0. The van der Waals surface area contributed by atoms with Crippen LogP contribution in [0.15, 0.2) is 97.1 Å². The van der Waals surface area contributed by atoms with Crippen LogP contribution in [0.4, 0.5) is 0 Å². The molecule has 0 unspecified atom stereocenters. The van der Waals surface area contributed by atoms with E-state index in [2.05, 4.69) is 189 Å². The Kier molecular flexibility index (Phi) is 7.12. The summed E-state index contributed by atoms with van der Waals surface area (Å²) in [5.41, 5.74) is 13.1. The average molecular weight is 633 g/mol. The molecule has 0 saturated carbocycles. The van der Waals surface area contributed by atoms with E-state index >= 15 is 0 Å². The van der Waals surface area contributed by atoms with Gasteiger partial charge in [-0.05, 0) is 117 Å². The van der Waals surface area contributed by atoms with Crippen LogP contribution in [0, 0.1) is 0 Å². The van der Waals surface area contributed by atoms with E-state index in [-0.39, 0.29) is 21.7 Å². The van der Waals surface area contributed by atoms with Gasteiger partial charge in [-0.25, -0.2) is 0 Å². The minimum absolute atomic E-state index is 0.0789. The smallest absolute Gasteiger partial charge is 0.0541 e. The molecule has 0 amide bonds. The van der Waals surface area contributed by atoms with Gasteiger partial charge in [-0.1, -0.05) is 107 Å². The number of rotatable bonds is 2. The number of hydrogen-bond acceptors (Lipinski definition) is 0. The van der Waals surface area contributed by atoms with Crippen LogP contribution < -0.4 is 0 Å². The minimum atomic E-state index is 0.0789. The summed E-state index contributed by atoms with van der Waals surface area (Å²) < 4.78 is 4.90. The zero-order valence-corrected chi connectivity index (χ0v) is 31.1. The summed E-state index contributed by atoms with van der Waals surface area (Å²) in [5, 5.41) is 5.28. The molecule has 7 aromatic rings. The second-order valence-corrected chi connectivity index (χ2v) is 18.1. The van der Waals surface area contributed by atoms with E-state index in [1.54, 1.807) is 0 Å². The van der Waals surface area contributed by atoms with Gasteiger partial charge in [-0.2, -0.15) is 0 Å². The van der Waals surface area contributed by atoms with E-state index in [4.69, 9.17) is 0 Å². The van der Waals surface area contributed by atoms with Crippen LogP contribution in [-0.2, 0) is 21.7 Å². The van der Waals surface area contributed by atoms with Crippen molar-refractivity contribution < 1.29 is 0 Å². The van der Waals surface area contributed by atoms with Crippen molar-refractivity contribution in [3.05, 3.63) is 119 Å². The van der Waals surface area contributed by atoms with E-state index < -0.39 is 0 Å². The molecular weight excluding hydrogens is 581 g/mol. The molecule has 0 atom stereocenters. The Morgan fingerprint density at radius 1 is 0.292 bits per heavy atom. The molecule has 2 heteroatoms. The summed E-state index contributed by atoms with van der Waals surface area (Å²) in [6, 6.07) is 37.4. The fraction of sp³-hybridized carbons (Fsp3) is 0.348. The molecule has 246 valence electrons. The van der Waals surface area contributed by atoms with Gasteiger partial charge in [0.05, 0.1) is 22.1 Å². The summed E-state index contributed by atoms with van der Waals surface area (Å²) in [5.74, 6) is 0. The maximum absolute atomic E-state index is 2.45. The van der Waals surface area contributed by atoms with Gasteiger partial charge in [0.25, 0.3) is 0 Å². The van der Waals surface area contributed by atoms with E-state index in [1.807, 2.05) is 0 Å². The van der Waals surface area contributed by atoms with Gasteiger partial charge in [0, 0.05) is 32.9 Å². The van der Waals surface area contributed by atoms with Crippen molar-refractivity contribution in [1.82, 2.24) is 9.13 Å². The lowest BCUT2D eigenvalue weighted by atomic mass is 9.85. The van der Waals surface area contributed by atoms with Crippen LogP contribution >= 0.6 is 0 Å². The Balaban J connectivity index is 1.44. The molecule has 2 aromatic heterocycles. The first kappa shape index (κ1) is 32.3. The Morgan fingerprint density at radius 3 is 0.688 bits per heavy atom. The highest BCUT2D eigenvalue weighted by Gasteiger charge is 2.23. The van der Waals surface area contributed by atoms with Crippen molar-refractivity contribution in [2.45, 2.75) is 105 Å². The SMILES string of the molecule is CC(C)(C)c1ccc2c(c1)c1cc(C(C)(C)C)ccc1n2-c1ccc(-n2c3ccc(C(C)(C)C)cc3c3cc(C(C)(C)C)ccc32)cc1. The maximum Gasteiger partial charge on any atom is 0.0541 e. The molecule has 0 fully saturated rings. The Morgan fingerprint density at radius 2 is 0.500 bits per heavy atom. The molecule has 0 N–H and O–H groups in total. The van der Waals surface area contributed by atoms with Gasteiger partial charge in [-0.15, -0.1) is 0 Å². The van der Waals surface area contributed by atoms with Crippen molar-refractivity contribution in [3.8, 4) is 11.4 Å². The van der Waals surface area contributed by atoms with Crippen LogP contribution in [0.3, 0.4) is 0 Å². The van der Waals surface area contributed by atoms with E-state index in [1.165, 1.54) is 77.2 Å². The third-order valence-electron chi connectivity index (χ3n) is 10.4. The summed E-state index contributed by atoms with van der Waals surface area (Å²) in [7, 11) is 0. The van der Waals surface area contributed by atoms with Gasteiger partial charge in [0.2, 0.25) is 0 Å². The quantitative estimate of drug-likeness (QED) is 0.179. The fourth-order valence-electron chi connectivity index (χ4n) is 7.22.